The van der Waals surface area contributed by atoms with Gasteiger partial charge in [0, 0.05) is 79.0 Å². The predicted octanol–water partition coefficient (Wildman–Crippen LogP) is 16.6. The van der Waals surface area contributed by atoms with Crippen LogP contribution in [0.5, 0.6) is 0 Å². The van der Waals surface area contributed by atoms with Gasteiger partial charge in [0.1, 0.15) is 22.9 Å². The van der Waals surface area contributed by atoms with Crippen molar-refractivity contribution in [3.05, 3.63) is 249 Å². The number of rotatable bonds is 16. The molecule has 0 aliphatic carbocycles. The summed E-state index contributed by atoms with van der Waals surface area (Å²) in [6.45, 7) is 18.2. The van der Waals surface area contributed by atoms with E-state index in [2.05, 4.69) is 176 Å². The van der Waals surface area contributed by atoms with Crippen LogP contribution in [-0.2, 0) is 23.7 Å². The molecular weight excluding hydrogens is 993 g/mol. The third-order valence-corrected chi connectivity index (χ3v) is 14.9. The Labute approximate surface area is 463 Å². The van der Waals surface area contributed by atoms with Gasteiger partial charge >= 0.3 is 0 Å². The van der Waals surface area contributed by atoms with Crippen molar-refractivity contribution < 1.29 is 28.1 Å². The van der Waals surface area contributed by atoms with Crippen LogP contribution in [0.4, 0.5) is 17.1 Å². The second-order valence-corrected chi connectivity index (χ2v) is 20.0. The molecule has 3 aliphatic heterocycles. The highest BCUT2D eigenvalue weighted by Gasteiger charge is 2.29. The van der Waals surface area contributed by atoms with Crippen LogP contribution in [0.2, 0.25) is 0 Å². The van der Waals surface area contributed by atoms with Gasteiger partial charge in [-0.05, 0) is 124 Å². The first kappa shape index (κ1) is 56.2. The molecule has 6 aromatic carbocycles. The van der Waals surface area contributed by atoms with Crippen molar-refractivity contribution in [3.8, 4) is 0 Å². The number of furan rings is 1. The van der Waals surface area contributed by atoms with Crippen LogP contribution >= 0.6 is 23.5 Å². The molecule has 1 N–H and O–H groups in total. The minimum absolute atomic E-state index is 0.0593. The monoisotopic (exact) mass is 1060 g/mol. The molecule has 0 amide bonds. The van der Waals surface area contributed by atoms with Gasteiger partial charge in [-0.15, -0.1) is 23.5 Å². The highest BCUT2D eigenvalue weighted by molar-refractivity contribution is 8.08. The van der Waals surface area contributed by atoms with Gasteiger partial charge in [0.05, 0.1) is 24.2 Å². The van der Waals surface area contributed by atoms with Crippen molar-refractivity contribution in [1.82, 2.24) is 5.32 Å². The number of fused-ring (bicyclic) bond motifs is 3. The Morgan fingerprint density at radius 1 is 0.844 bits per heavy atom. The Bertz CT molecular complexity index is 3450. The van der Waals surface area contributed by atoms with Gasteiger partial charge in [0.2, 0.25) is 0 Å². The number of hydrogen-bond acceptors (Lipinski definition) is 10. The Morgan fingerprint density at radius 3 is 2.31 bits per heavy atom. The van der Waals surface area contributed by atoms with Crippen LogP contribution in [0.1, 0.15) is 77.4 Å². The lowest BCUT2D eigenvalue weighted by atomic mass is 10.0. The maximum atomic E-state index is 6.54. The molecule has 2 unspecified atom stereocenters. The molecule has 3 aliphatic rings. The first-order valence-corrected chi connectivity index (χ1v) is 28.5. The van der Waals surface area contributed by atoms with Crippen LogP contribution in [0, 0.1) is 0 Å². The molecule has 2 atom stereocenters. The van der Waals surface area contributed by atoms with E-state index >= 15 is 0 Å². The predicted molar refractivity (Wildman–Crippen MR) is 325 cm³/mol. The smallest absolute Gasteiger partial charge is 0.183 e. The number of anilines is 3. The molecule has 77 heavy (non-hydrogen) atoms. The molecule has 1 saturated heterocycles. The van der Waals surface area contributed by atoms with Crippen LogP contribution in [0.25, 0.3) is 39.6 Å². The molecule has 10 heteroatoms. The Morgan fingerprint density at radius 2 is 1.57 bits per heavy atom. The second kappa shape index (κ2) is 27.9. The normalized spacial score (nSPS) is 16.9. The Kier molecular flexibility index (Phi) is 20.3. The summed E-state index contributed by atoms with van der Waals surface area (Å²) in [5.74, 6) is 2.48. The molecule has 4 heterocycles. The first-order valence-electron chi connectivity index (χ1n) is 26.4. The standard InChI is InChI=1S/C55H50N2O4S2.C10H14O2.C2H6/c1-6-14-38-16-8-10-19-46(38)37(4)56-36(3)30-48-51(15-7-2)61-45-33-52(48)63-54(35-45)53(62-5)34-44-32-41-31-43(26-27-50(41)60-44)57(49-21-12-18-39-17-9-11-20-47(39)49)42-24-22-40(23-25-42)55-58-28-13-29-59-55;1-3-12-10(11-2)9-7-5-4-6-8-9;1-2/h6-12,14-27,30-35,52,55-56H,1,13,28-29H2,2-5H3;4-8,10H,3H2,1-2H3;1-2H3/b15-7-,36-30+,38-14-,46-37+,53-34-;;. The van der Waals surface area contributed by atoms with Gasteiger partial charge in [-0.25, -0.2) is 0 Å². The molecule has 0 spiro atoms. The Hall–Kier alpha value is -7.02. The van der Waals surface area contributed by atoms with Crippen molar-refractivity contribution in [2.24, 2.45) is 0 Å². The van der Waals surface area contributed by atoms with Crippen molar-refractivity contribution >= 4 is 80.2 Å². The zero-order valence-electron chi connectivity index (χ0n) is 45.5. The minimum Gasteiger partial charge on any atom is -0.457 e. The van der Waals surface area contributed by atoms with E-state index in [4.69, 9.17) is 28.1 Å². The van der Waals surface area contributed by atoms with E-state index in [-0.39, 0.29) is 17.8 Å². The van der Waals surface area contributed by atoms with E-state index in [1.54, 1.807) is 18.9 Å². The SMILES string of the molecule is C=C/C=c1/cccc/c1=C(/C)N/C(C)=C/C1=C(/C=C\C)OC2=CC1SC(/C(=C/c1cc3cc(N(c4ccc(C5OCCCO5)cc4)c4cccc5ccccc45)ccc3o1)SC)=C2.CC.CCOC(OC)c1ccccc1. The summed E-state index contributed by atoms with van der Waals surface area (Å²) in [7, 11) is 1.65. The van der Waals surface area contributed by atoms with Gasteiger partial charge in [-0.1, -0.05) is 142 Å². The highest BCUT2D eigenvalue weighted by Crippen LogP contribution is 2.47. The number of nitrogens with zero attached hydrogens (tertiary/aromatic N) is 1. The van der Waals surface area contributed by atoms with E-state index in [1.165, 1.54) is 10.8 Å². The van der Waals surface area contributed by atoms with Crippen LogP contribution in [0.15, 0.2) is 226 Å². The van der Waals surface area contributed by atoms with Gasteiger partial charge in [-0.3, -0.25) is 0 Å². The van der Waals surface area contributed by atoms with Crippen molar-refractivity contribution in [2.75, 3.05) is 38.1 Å². The lowest BCUT2D eigenvalue weighted by Crippen LogP contribution is -2.30. The largest absolute Gasteiger partial charge is 0.457 e. The van der Waals surface area contributed by atoms with Crippen LogP contribution in [0.3, 0.4) is 0 Å². The summed E-state index contributed by atoms with van der Waals surface area (Å²) < 4.78 is 35.4. The molecular formula is C67H70N2O6S2. The molecule has 7 aromatic rings. The number of methoxy groups -OCH3 is 1. The van der Waals surface area contributed by atoms with Crippen LogP contribution in [-0.4, -0.2) is 38.4 Å². The fourth-order valence-electron chi connectivity index (χ4n) is 9.36. The summed E-state index contributed by atoms with van der Waals surface area (Å²) in [5.41, 5.74) is 9.25. The molecule has 0 saturated carbocycles. The molecule has 0 radical (unpaired) electrons. The van der Waals surface area contributed by atoms with E-state index < -0.39 is 0 Å². The lowest BCUT2D eigenvalue weighted by molar-refractivity contribution is -0.183. The Balaban J connectivity index is 0.000000492. The zero-order chi connectivity index (χ0) is 54.1. The summed E-state index contributed by atoms with van der Waals surface area (Å²) in [5, 5.41) is 9.33. The van der Waals surface area contributed by atoms with Gasteiger partial charge in [-0.2, -0.15) is 0 Å². The number of nitrogens with one attached hydrogen (secondary N) is 1. The van der Waals surface area contributed by atoms with Gasteiger partial charge in [0.15, 0.2) is 12.6 Å². The number of ether oxygens (including phenoxy) is 5. The summed E-state index contributed by atoms with van der Waals surface area (Å²) in [6.07, 6.45) is 19.1. The van der Waals surface area contributed by atoms with Gasteiger partial charge in [0.25, 0.3) is 0 Å². The molecule has 2 bridgehead atoms. The second-order valence-electron chi connectivity index (χ2n) is 18.0. The first-order chi connectivity index (χ1) is 37.8. The van der Waals surface area contributed by atoms with E-state index in [0.29, 0.717) is 19.8 Å². The average molecular weight is 1060 g/mol. The number of hydrogen-bond donors (Lipinski definition) is 1. The molecule has 1 aromatic heterocycles. The van der Waals surface area contributed by atoms with E-state index in [1.807, 2.05) is 94.1 Å². The summed E-state index contributed by atoms with van der Waals surface area (Å²) in [4.78, 5) is 4.56. The number of benzene rings is 6. The number of allylic oxidation sites excluding steroid dienone is 6. The summed E-state index contributed by atoms with van der Waals surface area (Å²) in [6, 6.07) is 50.3. The average Bonchev–Trinajstić information content (AvgIpc) is 3.89. The lowest BCUT2D eigenvalue weighted by Gasteiger charge is -2.29. The molecule has 8 nitrogen and oxygen atoms in total. The van der Waals surface area contributed by atoms with Crippen molar-refractivity contribution in [3.63, 3.8) is 0 Å². The third-order valence-electron chi connectivity index (χ3n) is 12.8. The van der Waals surface area contributed by atoms with Crippen molar-refractivity contribution in [1.29, 1.82) is 0 Å². The van der Waals surface area contributed by atoms with Crippen molar-refractivity contribution in [2.45, 2.75) is 65.8 Å². The van der Waals surface area contributed by atoms with Crippen LogP contribution < -0.4 is 20.7 Å². The zero-order valence-corrected chi connectivity index (χ0v) is 47.1. The quantitative estimate of drug-likeness (QED) is 0.0946. The van der Waals surface area contributed by atoms with Gasteiger partial charge < -0.3 is 38.3 Å². The third kappa shape index (κ3) is 13.9. The molecule has 1 fully saturated rings. The maximum absolute atomic E-state index is 6.54. The molecule has 10 rings (SSSR count). The molecule has 396 valence electrons. The fourth-order valence-corrected chi connectivity index (χ4v) is 11.4. The number of thioether (sulfide) groups is 2. The highest BCUT2D eigenvalue weighted by atomic mass is 32.2. The minimum atomic E-state index is -0.341. The van der Waals surface area contributed by atoms with E-state index in [0.717, 1.165) is 100 Å². The van der Waals surface area contributed by atoms with E-state index in [9.17, 15) is 0 Å². The summed E-state index contributed by atoms with van der Waals surface area (Å²) >= 11 is 3.53. The maximum Gasteiger partial charge on any atom is 0.183 e. The fraction of sp³-hybridized carbons (Fsp3) is 0.224. The topological polar surface area (TPSA) is 74.6 Å².